The van der Waals surface area contributed by atoms with E-state index < -0.39 is 0 Å². The molecule has 0 fully saturated rings. The fraction of sp³-hybridized carbons (Fsp3) is 0.368. The second-order valence-electron chi connectivity index (χ2n) is 3.91. The largest absolute Gasteiger partial charge is 0.0877 e. The van der Waals surface area contributed by atoms with Crippen LogP contribution in [0.1, 0.15) is 52.7 Å². The molecular weight excluding hydrogens is 228 g/mol. The molecule has 1 aromatic rings. The van der Waals surface area contributed by atoms with Crippen molar-refractivity contribution in [1.29, 1.82) is 0 Å². The van der Waals surface area contributed by atoms with Crippen molar-refractivity contribution >= 4 is 5.57 Å². The molecule has 0 aliphatic heterocycles. The van der Waals surface area contributed by atoms with Crippen LogP contribution in [0, 0.1) is 0 Å². The Hall–Kier alpha value is -1.56. The summed E-state index contributed by atoms with van der Waals surface area (Å²) in [5.74, 6) is 0. The molecule has 0 saturated carbocycles. The molecule has 0 heterocycles. The smallest absolute Gasteiger partial charge is 0.00545 e. The van der Waals surface area contributed by atoms with Crippen LogP contribution in [-0.2, 0) is 6.42 Å². The Labute approximate surface area is 119 Å². The van der Waals surface area contributed by atoms with Gasteiger partial charge in [-0.2, -0.15) is 0 Å². The van der Waals surface area contributed by atoms with E-state index in [-0.39, 0.29) is 0 Å². The Morgan fingerprint density at radius 3 is 2.21 bits per heavy atom. The van der Waals surface area contributed by atoms with E-state index in [2.05, 4.69) is 49.4 Å². The Bertz CT molecular complexity index is 445. The van der Waals surface area contributed by atoms with Crippen LogP contribution >= 0.6 is 0 Å². The molecule has 1 aliphatic rings. The maximum absolute atomic E-state index is 2.22. The zero-order chi connectivity index (χ0) is 14.7. The second-order valence-corrected chi connectivity index (χ2v) is 3.91. The summed E-state index contributed by atoms with van der Waals surface area (Å²) in [6.07, 6.45) is 9.54. The quantitative estimate of drug-likeness (QED) is 0.552. The average Bonchev–Trinajstić information content (AvgIpc) is 2.80. The molecule has 0 radical (unpaired) electrons. The Kier molecular flexibility index (Phi) is 9.52. The van der Waals surface area contributed by atoms with Gasteiger partial charge in [0.25, 0.3) is 0 Å². The molecule has 0 unspecified atom stereocenters. The first-order valence-electron chi connectivity index (χ1n) is 7.40. The van der Waals surface area contributed by atoms with Crippen LogP contribution in [0.5, 0.6) is 0 Å². The normalized spacial score (nSPS) is 12.9. The molecule has 0 N–H and O–H groups in total. The number of allylic oxidation sites excluding steroid dienone is 6. The minimum Gasteiger partial charge on any atom is -0.0877 e. The summed E-state index contributed by atoms with van der Waals surface area (Å²) < 4.78 is 0. The SMILES string of the molecule is C/C=C/C=C\C1=C(C)Cc2ccccc21.CC.CC. The summed E-state index contributed by atoms with van der Waals surface area (Å²) in [5.41, 5.74) is 5.71. The molecule has 0 heteroatoms. The molecule has 0 spiro atoms. The summed E-state index contributed by atoms with van der Waals surface area (Å²) in [6, 6.07) is 8.65. The van der Waals surface area contributed by atoms with Gasteiger partial charge in [0.1, 0.15) is 0 Å². The van der Waals surface area contributed by atoms with Gasteiger partial charge in [0.05, 0.1) is 0 Å². The molecule has 1 aromatic carbocycles. The first-order chi connectivity index (χ1) is 9.33. The van der Waals surface area contributed by atoms with Gasteiger partial charge in [-0.3, -0.25) is 0 Å². The summed E-state index contributed by atoms with van der Waals surface area (Å²) in [6.45, 7) is 12.3. The molecular formula is C19H28. The van der Waals surface area contributed by atoms with Crippen molar-refractivity contribution < 1.29 is 0 Å². The van der Waals surface area contributed by atoms with Gasteiger partial charge in [0.2, 0.25) is 0 Å². The zero-order valence-corrected chi connectivity index (χ0v) is 13.3. The highest BCUT2D eigenvalue weighted by Crippen LogP contribution is 2.33. The van der Waals surface area contributed by atoms with E-state index in [0.717, 1.165) is 6.42 Å². The predicted molar refractivity (Wildman–Crippen MR) is 89.4 cm³/mol. The van der Waals surface area contributed by atoms with Gasteiger partial charge in [0.15, 0.2) is 0 Å². The minimum absolute atomic E-state index is 1.10. The van der Waals surface area contributed by atoms with E-state index in [4.69, 9.17) is 0 Å². The second kappa shape index (κ2) is 10.4. The molecule has 0 nitrogen and oxygen atoms in total. The van der Waals surface area contributed by atoms with Crippen LogP contribution in [-0.4, -0.2) is 0 Å². The summed E-state index contributed by atoms with van der Waals surface area (Å²) >= 11 is 0. The molecule has 0 aromatic heterocycles. The summed E-state index contributed by atoms with van der Waals surface area (Å²) in [4.78, 5) is 0. The van der Waals surface area contributed by atoms with Crippen molar-refractivity contribution in [3.05, 3.63) is 65.3 Å². The minimum atomic E-state index is 1.10. The average molecular weight is 256 g/mol. The lowest BCUT2D eigenvalue weighted by atomic mass is 10.1. The van der Waals surface area contributed by atoms with Crippen LogP contribution < -0.4 is 0 Å². The van der Waals surface area contributed by atoms with Gasteiger partial charge in [-0.1, -0.05) is 81.8 Å². The third-order valence-electron chi connectivity index (χ3n) is 2.79. The predicted octanol–water partition coefficient (Wildman–Crippen LogP) is 6.20. The number of hydrogen-bond acceptors (Lipinski definition) is 0. The van der Waals surface area contributed by atoms with E-state index in [9.17, 15) is 0 Å². The van der Waals surface area contributed by atoms with Crippen molar-refractivity contribution in [2.24, 2.45) is 0 Å². The van der Waals surface area contributed by atoms with E-state index in [1.54, 1.807) is 0 Å². The van der Waals surface area contributed by atoms with Gasteiger partial charge in [-0.15, -0.1) is 0 Å². The van der Waals surface area contributed by atoms with Crippen molar-refractivity contribution in [2.45, 2.75) is 48.0 Å². The highest BCUT2D eigenvalue weighted by atomic mass is 14.2. The molecule has 0 bridgehead atoms. The third kappa shape index (κ3) is 4.90. The van der Waals surface area contributed by atoms with Crippen LogP contribution in [0.4, 0.5) is 0 Å². The molecule has 19 heavy (non-hydrogen) atoms. The van der Waals surface area contributed by atoms with Crippen molar-refractivity contribution in [3.63, 3.8) is 0 Å². The lowest BCUT2D eigenvalue weighted by molar-refractivity contribution is 1.19. The van der Waals surface area contributed by atoms with E-state index >= 15 is 0 Å². The molecule has 1 aliphatic carbocycles. The van der Waals surface area contributed by atoms with Crippen LogP contribution in [0.25, 0.3) is 5.57 Å². The van der Waals surface area contributed by atoms with Gasteiger partial charge in [-0.05, 0) is 37.0 Å². The van der Waals surface area contributed by atoms with E-state index in [1.165, 1.54) is 22.3 Å². The van der Waals surface area contributed by atoms with Gasteiger partial charge < -0.3 is 0 Å². The maximum Gasteiger partial charge on any atom is -0.00545 e. The number of hydrogen-bond donors (Lipinski definition) is 0. The van der Waals surface area contributed by atoms with E-state index in [0.29, 0.717) is 0 Å². The monoisotopic (exact) mass is 256 g/mol. The lowest BCUT2D eigenvalue weighted by Crippen LogP contribution is -1.80. The number of benzene rings is 1. The Morgan fingerprint density at radius 1 is 0.947 bits per heavy atom. The Balaban J connectivity index is 0.000000741. The highest BCUT2D eigenvalue weighted by Gasteiger charge is 2.15. The summed E-state index contributed by atoms with van der Waals surface area (Å²) in [5, 5.41) is 0. The fourth-order valence-corrected chi connectivity index (χ4v) is 2.04. The fourth-order valence-electron chi connectivity index (χ4n) is 2.04. The topological polar surface area (TPSA) is 0 Å². The van der Waals surface area contributed by atoms with E-state index in [1.807, 2.05) is 40.7 Å². The van der Waals surface area contributed by atoms with Crippen LogP contribution in [0.2, 0.25) is 0 Å². The van der Waals surface area contributed by atoms with Crippen molar-refractivity contribution in [3.8, 4) is 0 Å². The first-order valence-corrected chi connectivity index (χ1v) is 7.40. The van der Waals surface area contributed by atoms with Crippen molar-refractivity contribution in [2.75, 3.05) is 0 Å². The molecule has 0 saturated heterocycles. The third-order valence-corrected chi connectivity index (χ3v) is 2.79. The van der Waals surface area contributed by atoms with Crippen molar-refractivity contribution in [1.82, 2.24) is 0 Å². The van der Waals surface area contributed by atoms with Gasteiger partial charge in [0, 0.05) is 0 Å². The molecule has 0 amide bonds. The number of fused-ring (bicyclic) bond motifs is 1. The molecule has 0 atom stereocenters. The zero-order valence-electron chi connectivity index (χ0n) is 13.3. The highest BCUT2D eigenvalue weighted by molar-refractivity contribution is 5.82. The molecule has 104 valence electrons. The van der Waals surface area contributed by atoms with Crippen LogP contribution in [0.3, 0.4) is 0 Å². The first kappa shape index (κ1) is 17.4. The Morgan fingerprint density at radius 2 is 1.58 bits per heavy atom. The molecule has 2 rings (SSSR count). The van der Waals surface area contributed by atoms with Crippen LogP contribution in [0.15, 0.2) is 54.1 Å². The number of rotatable bonds is 2. The standard InChI is InChI=1S/C15H16.2C2H6/c1-3-4-5-9-14-12(2)11-13-8-6-7-10-15(13)14;2*1-2/h3-10H,11H2,1-2H3;2*1-2H3/b4-3+,9-5-;;. The van der Waals surface area contributed by atoms with Gasteiger partial charge >= 0.3 is 0 Å². The maximum atomic E-state index is 2.22. The van der Waals surface area contributed by atoms with Gasteiger partial charge in [-0.25, -0.2) is 0 Å². The summed E-state index contributed by atoms with van der Waals surface area (Å²) in [7, 11) is 0. The lowest BCUT2D eigenvalue weighted by Gasteiger charge is -1.99.